The summed E-state index contributed by atoms with van der Waals surface area (Å²) in [6, 6.07) is 6.63. The summed E-state index contributed by atoms with van der Waals surface area (Å²) in [6.45, 7) is 2.42. The summed E-state index contributed by atoms with van der Waals surface area (Å²) in [5.74, 6) is -0.843. The van der Waals surface area contributed by atoms with Gasteiger partial charge < -0.3 is 10.1 Å². The molecule has 1 atom stereocenters. The number of pyridine rings is 1. The van der Waals surface area contributed by atoms with Crippen LogP contribution in [-0.2, 0) is 0 Å². The largest absolute Gasteiger partial charge is 0.481 e. The Balaban J connectivity index is 2.56. The number of hydrogen-bond donors (Lipinski definition) is 1. The summed E-state index contributed by atoms with van der Waals surface area (Å²) in [5.41, 5.74) is 0.571. The van der Waals surface area contributed by atoms with Gasteiger partial charge in [-0.1, -0.05) is 19.1 Å². The Morgan fingerprint density at radius 2 is 1.90 bits per heavy atom. The first-order valence-electron chi connectivity index (χ1n) is 6.35. The average Bonchev–Trinajstić information content (AvgIpc) is 2.46. The van der Waals surface area contributed by atoms with Crippen LogP contribution in [0.4, 0.5) is 8.78 Å². The van der Waals surface area contributed by atoms with E-state index in [9.17, 15) is 8.78 Å². The van der Waals surface area contributed by atoms with Gasteiger partial charge in [-0.15, -0.1) is 0 Å². The van der Waals surface area contributed by atoms with Crippen molar-refractivity contribution in [1.82, 2.24) is 10.3 Å². The van der Waals surface area contributed by atoms with Crippen LogP contribution in [0.5, 0.6) is 5.88 Å². The molecular formula is C15H16F2N2O. The van der Waals surface area contributed by atoms with E-state index in [0.717, 1.165) is 0 Å². The van der Waals surface area contributed by atoms with E-state index >= 15 is 0 Å². The molecule has 0 amide bonds. The maximum absolute atomic E-state index is 14.0. The zero-order valence-electron chi connectivity index (χ0n) is 11.4. The smallest absolute Gasteiger partial charge is 0.218 e. The van der Waals surface area contributed by atoms with Crippen LogP contribution in [-0.4, -0.2) is 18.6 Å². The Bertz CT molecular complexity index is 570. The molecule has 0 saturated carbocycles. The first-order chi connectivity index (χ1) is 9.69. The molecular weight excluding hydrogens is 262 g/mol. The quantitative estimate of drug-likeness (QED) is 0.912. The van der Waals surface area contributed by atoms with Crippen LogP contribution in [0.25, 0.3) is 0 Å². The van der Waals surface area contributed by atoms with Crippen molar-refractivity contribution in [1.29, 1.82) is 0 Å². The summed E-state index contributed by atoms with van der Waals surface area (Å²) in [5, 5.41) is 3.07. The number of nitrogens with one attached hydrogen (secondary N) is 1. The first-order valence-corrected chi connectivity index (χ1v) is 6.35. The van der Waals surface area contributed by atoms with Gasteiger partial charge in [0.15, 0.2) is 0 Å². The lowest BCUT2D eigenvalue weighted by molar-refractivity contribution is 0.385. The Hall–Kier alpha value is -2.01. The van der Waals surface area contributed by atoms with Crippen LogP contribution >= 0.6 is 0 Å². The average molecular weight is 278 g/mol. The molecule has 1 aromatic heterocycles. The first kappa shape index (κ1) is 14.4. The number of benzene rings is 1. The molecule has 0 saturated heterocycles. The van der Waals surface area contributed by atoms with Crippen molar-refractivity contribution in [3.8, 4) is 5.88 Å². The van der Waals surface area contributed by atoms with Crippen LogP contribution in [0.15, 0.2) is 36.5 Å². The molecule has 0 aliphatic heterocycles. The van der Waals surface area contributed by atoms with E-state index in [1.807, 2.05) is 6.92 Å². The predicted octanol–water partition coefficient (Wildman–Crippen LogP) is 3.07. The maximum atomic E-state index is 14.0. The lowest BCUT2D eigenvalue weighted by Gasteiger charge is -2.21. The number of halogens is 2. The Morgan fingerprint density at radius 1 is 1.20 bits per heavy atom. The molecule has 5 heteroatoms. The van der Waals surface area contributed by atoms with Gasteiger partial charge in [-0.05, 0) is 24.7 Å². The topological polar surface area (TPSA) is 34.2 Å². The number of nitrogens with zero attached hydrogens (tertiary/aromatic N) is 1. The molecule has 0 aliphatic carbocycles. The highest BCUT2D eigenvalue weighted by molar-refractivity contribution is 5.38. The molecule has 1 unspecified atom stereocenters. The van der Waals surface area contributed by atoms with Crippen molar-refractivity contribution in [2.24, 2.45) is 0 Å². The molecule has 0 bridgehead atoms. The third kappa shape index (κ3) is 2.77. The van der Waals surface area contributed by atoms with Gasteiger partial charge >= 0.3 is 0 Å². The van der Waals surface area contributed by atoms with Crippen LogP contribution in [0.2, 0.25) is 0 Å². The van der Waals surface area contributed by atoms with Crippen molar-refractivity contribution in [3.05, 3.63) is 59.3 Å². The summed E-state index contributed by atoms with van der Waals surface area (Å²) in [4.78, 5) is 4.08. The molecule has 1 N–H and O–H groups in total. The van der Waals surface area contributed by atoms with E-state index in [0.29, 0.717) is 18.0 Å². The minimum Gasteiger partial charge on any atom is -0.481 e. The fourth-order valence-electron chi connectivity index (χ4n) is 2.15. The lowest BCUT2D eigenvalue weighted by atomic mass is 9.98. The van der Waals surface area contributed by atoms with Gasteiger partial charge in [0, 0.05) is 17.3 Å². The van der Waals surface area contributed by atoms with Gasteiger partial charge in [-0.25, -0.2) is 13.8 Å². The van der Waals surface area contributed by atoms with Gasteiger partial charge in [0.2, 0.25) is 5.88 Å². The van der Waals surface area contributed by atoms with Gasteiger partial charge in [-0.3, -0.25) is 0 Å². The third-order valence-electron chi connectivity index (χ3n) is 3.00. The summed E-state index contributed by atoms with van der Waals surface area (Å²) in [6.07, 6.45) is 1.57. The van der Waals surface area contributed by atoms with Crippen LogP contribution in [0, 0.1) is 11.6 Å². The van der Waals surface area contributed by atoms with Crippen molar-refractivity contribution in [3.63, 3.8) is 0 Å². The van der Waals surface area contributed by atoms with Crippen LogP contribution in [0.3, 0.4) is 0 Å². The second-order valence-electron chi connectivity index (χ2n) is 4.23. The number of ether oxygens (including phenoxy) is 1. The van der Waals surface area contributed by atoms with E-state index in [1.165, 1.54) is 25.3 Å². The third-order valence-corrected chi connectivity index (χ3v) is 3.00. The molecule has 3 nitrogen and oxygen atoms in total. The molecule has 20 heavy (non-hydrogen) atoms. The van der Waals surface area contributed by atoms with Crippen LogP contribution in [0.1, 0.15) is 24.1 Å². The second kappa shape index (κ2) is 6.43. The van der Waals surface area contributed by atoms with E-state index in [4.69, 9.17) is 4.74 Å². The standard InChI is InChI=1S/C15H16F2N2O/c1-3-18-14(10-6-5-9-19-15(10)20-2)13-11(16)7-4-8-12(13)17/h4-9,14,18H,3H2,1-2H3. The summed E-state index contributed by atoms with van der Waals surface area (Å²) in [7, 11) is 1.48. The highest BCUT2D eigenvalue weighted by Crippen LogP contribution is 2.31. The van der Waals surface area contributed by atoms with E-state index in [1.54, 1.807) is 18.3 Å². The lowest BCUT2D eigenvalue weighted by Crippen LogP contribution is -2.25. The van der Waals surface area contributed by atoms with Crippen molar-refractivity contribution >= 4 is 0 Å². The molecule has 1 aromatic carbocycles. The summed E-state index contributed by atoms with van der Waals surface area (Å²) >= 11 is 0. The highest BCUT2D eigenvalue weighted by Gasteiger charge is 2.24. The van der Waals surface area contributed by atoms with Gasteiger partial charge in [0.25, 0.3) is 0 Å². The van der Waals surface area contributed by atoms with Crippen molar-refractivity contribution in [2.45, 2.75) is 13.0 Å². The predicted molar refractivity (Wildman–Crippen MR) is 72.7 cm³/mol. The Kier molecular flexibility index (Phi) is 4.63. The van der Waals surface area contributed by atoms with Gasteiger partial charge in [0.1, 0.15) is 11.6 Å². The number of aromatic nitrogens is 1. The molecule has 2 aromatic rings. The minimum atomic E-state index is -0.648. The number of methoxy groups -OCH3 is 1. The fraction of sp³-hybridized carbons (Fsp3) is 0.267. The molecule has 0 fully saturated rings. The zero-order chi connectivity index (χ0) is 14.5. The molecule has 2 rings (SSSR count). The molecule has 106 valence electrons. The van der Waals surface area contributed by atoms with E-state index in [2.05, 4.69) is 10.3 Å². The normalized spacial score (nSPS) is 12.2. The maximum Gasteiger partial charge on any atom is 0.218 e. The molecule has 0 radical (unpaired) electrons. The van der Waals surface area contributed by atoms with Gasteiger partial charge in [0.05, 0.1) is 13.2 Å². The number of rotatable bonds is 5. The molecule has 0 aliphatic rings. The monoisotopic (exact) mass is 278 g/mol. The Labute approximate surface area is 116 Å². The van der Waals surface area contributed by atoms with Crippen molar-refractivity contribution < 1.29 is 13.5 Å². The molecule has 1 heterocycles. The zero-order valence-corrected chi connectivity index (χ0v) is 11.4. The SMILES string of the molecule is CCNC(c1cccnc1OC)c1c(F)cccc1F. The van der Waals surface area contributed by atoms with Gasteiger partial charge in [-0.2, -0.15) is 0 Å². The molecule has 0 spiro atoms. The van der Waals surface area contributed by atoms with Crippen molar-refractivity contribution in [2.75, 3.05) is 13.7 Å². The second-order valence-corrected chi connectivity index (χ2v) is 4.23. The van der Waals surface area contributed by atoms with Crippen LogP contribution < -0.4 is 10.1 Å². The Morgan fingerprint density at radius 3 is 2.50 bits per heavy atom. The van der Waals surface area contributed by atoms with E-state index < -0.39 is 17.7 Å². The van der Waals surface area contributed by atoms with E-state index in [-0.39, 0.29) is 5.56 Å². The highest BCUT2D eigenvalue weighted by atomic mass is 19.1. The minimum absolute atomic E-state index is 0.0272. The fourth-order valence-corrected chi connectivity index (χ4v) is 2.15. The number of hydrogen-bond acceptors (Lipinski definition) is 3. The summed E-state index contributed by atoms with van der Waals surface area (Å²) < 4.78 is 33.2.